The minimum Gasteiger partial charge on any atom is -0.374 e. The zero-order valence-electron chi connectivity index (χ0n) is 18.0. The van der Waals surface area contributed by atoms with E-state index < -0.39 is 0 Å². The van der Waals surface area contributed by atoms with Gasteiger partial charge in [0.1, 0.15) is 6.04 Å². The smallest absolute Gasteiger partial charge is 0.249 e. The molecule has 1 aromatic rings. The lowest BCUT2D eigenvalue weighted by Crippen LogP contribution is -2.47. The minimum atomic E-state index is -0.365. The van der Waals surface area contributed by atoms with Gasteiger partial charge in [-0.15, -0.1) is 0 Å². The molecule has 4 rings (SSSR count). The molecule has 3 aliphatic rings. The Hall–Kier alpha value is -2.45. The molecule has 3 heterocycles. The highest BCUT2D eigenvalue weighted by Gasteiger charge is 2.27. The Kier molecular flexibility index (Phi) is 7.19. The fourth-order valence-electron chi connectivity index (χ4n) is 4.72. The summed E-state index contributed by atoms with van der Waals surface area (Å²) in [4.78, 5) is 37.7. The third kappa shape index (κ3) is 5.83. The molecule has 8 nitrogen and oxygen atoms in total. The number of hydrogen-bond donors (Lipinski definition) is 4. The van der Waals surface area contributed by atoms with Gasteiger partial charge in [-0.25, -0.2) is 0 Å². The predicted molar refractivity (Wildman–Crippen MR) is 119 cm³/mol. The highest BCUT2D eigenvalue weighted by atomic mass is 16.2. The molecule has 3 amide bonds. The fraction of sp³-hybridized carbons (Fsp3) is 0.609. The summed E-state index contributed by atoms with van der Waals surface area (Å²) >= 11 is 0. The molecule has 0 saturated carbocycles. The van der Waals surface area contributed by atoms with Gasteiger partial charge in [0.2, 0.25) is 17.7 Å². The SMILES string of the molecule is O=C1CCC(Nc2ccc(C3CCN(C(=O)CNC4CCNCC4)CC3)cc2)C(=O)N1. The molecule has 31 heavy (non-hydrogen) atoms. The van der Waals surface area contributed by atoms with Crippen LogP contribution in [0.15, 0.2) is 24.3 Å². The van der Waals surface area contributed by atoms with E-state index >= 15 is 0 Å². The largest absolute Gasteiger partial charge is 0.374 e. The second-order valence-corrected chi connectivity index (χ2v) is 8.83. The Bertz CT molecular complexity index is 783. The Morgan fingerprint density at radius 3 is 2.39 bits per heavy atom. The number of piperidine rings is 3. The van der Waals surface area contributed by atoms with Crippen LogP contribution in [0.25, 0.3) is 0 Å². The topological polar surface area (TPSA) is 103 Å². The van der Waals surface area contributed by atoms with Gasteiger partial charge in [-0.1, -0.05) is 12.1 Å². The average molecular weight is 428 g/mol. The molecular weight excluding hydrogens is 394 g/mol. The standard InChI is InChI=1S/C23H33N5O3/c29-21-6-5-20(23(31)27-21)26-19-3-1-16(2-4-19)17-9-13-28(14-10-17)22(30)15-25-18-7-11-24-12-8-18/h1-4,17-18,20,24-26H,5-15H2,(H,27,29,31). The van der Waals surface area contributed by atoms with Crippen LogP contribution in [0.3, 0.4) is 0 Å². The molecule has 0 spiro atoms. The number of likely N-dealkylation sites (tertiary alicyclic amines) is 1. The maximum absolute atomic E-state index is 12.6. The van der Waals surface area contributed by atoms with Crippen molar-refractivity contribution in [1.29, 1.82) is 0 Å². The zero-order valence-corrected chi connectivity index (χ0v) is 18.0. The number of benzene rings is 1. The number of amides is 3. The van der Waals surface area contributed by atoms with Crippen LogP contribution >= 0.6 is 0 Å². The molecular formula is C23H33N5O3. The zero-order chi connectivity index (χ0) is 21.6. The summed E-state index contributed by atoms with van der Waals surface area (Å²) < 4.78 is 0. The highest BCUT2D eigenvalue weighted by Crippen LogP contribution is 2.29. The molecule has 8 heteroatoms. The van der Waals surface area contributed by atoms with Crippen molar-refractivity contribution in [1.82, 2.24) is 20.9 Å². The van der Waals surface area contributed by atoms with Crippen LogP contribution in [0, 0.1) is 0 Å². The Labute approximate surface area is 183 Å². The van der Waals surface area contributed by atoms with Crippen molar-refractivity contribution in [2.45, 2.75) is 56.5 Å². The monoisotopic (exact) mass is 427 g/mol. The molecule has 0 radical (unpaired) electrons. The van der Waals surface area contributed by atoms with Gasteiger partial charge in [-0.3, -0.25) is 19.7 Å². The van der Waals surface area contributed by atoms with E-state index in [1.807, 2.05) is 17.0 Å². The van der Waals surface area contributed by atoms with Crippen LogP contribution < -0.4 is 21.3 Å². The molecule has 1 aromatic carbocycles. The van der Waals surface area contributed by atoms with Crippen molar-refractivity contribution in [3.8, 4) is 0 Å². The molecule has 1 unspecified atom stereocenters. The van der Waals surface area contributed by atoms with Crippen molar-refractivity contribution in [3.63, 3.8) is 0 Å². The first kappa shape index (κ1) is 21.8. The summed E-state index contributed by atoms with van der Waals surface area (Å²) in [6.45, 7) is 4.09. The second-order valence-electron chi connectivity index (χ2n) is 8.83. The molecule has 3 aliphatic heterocycles. The van der Waals surface area contributed by atoms with E-state index in [0.717, 1.165) is 57.5 Å². The van der Waals surface area contributed by atoms with Crippen molar-refractivity contribution in [2.75, 3.05) is 38.0 Å². The third-order valence-corrected chi connectivity index (χ3v) is 6.69. The van der Waals surface area contributed by atoms with Crippen LogP contribution in [0.5, 0.6) is 0 Å². The van der Waals surface area contributed by atoms with Crippen LogP contribution in [0.4, 0.5) is 5.69 Å². The summed E-state index contributed by atoms with van der Waals surface area (Å²) in [5.74, 6) is 0.198. The van der Waals surface area contributed by atoms with Crippen molar-refractivity contribution in [3.05, 3.63) is 29.8 Å². The van der Waals surface area contributed by atoms with Crippen molar-refractivity contribution >= 4 is 23.4 Å². The van der Waals surface area contributed by atoms with E-state index in [2.05, 4.69) is 33.4 Å². The number of nitrogens with one attached hydrogen (secondary N) is 4. The number of carbonyl (C=O) groups excluding carboxylic acids is 3. The molecule has 3 saturated heterocycles. The van der Waals surface area contributed by atoms with E-state index in [1.165, 1.54) is 5.56 Å². The minimum absolute atomic E-state index is 0.203. The van der Waals surface area contributed by atoms with Crippen LogP contribution in [-0.4, -0.2) is 67.4 Å². The third-order valence-electron chi connectivity index (χ3n) is 6.69. The van der Waals surface area contributed by atoms with Crippen LogP contribution in [-0.2, 0) is 14.4 Å². The first-order valence-electron chi connectivity index (χ1n) is 11.5. The van der Waals surface area contributed by atoms with Crippen molar-refractivity contribution < 1.29 is 14.4 Å². The molecule has 0 bridgehead atoms. The van der Waals surface area contributed by atoms with E-state index in [9.17, 15) is 14.4 Å². The fourth-order valence-corrected chi connectivity index (χ4v) is 4.72. The van der Waals surface area contributed by atoms with Gasteiger partial charge < -0.3 is 20.9 Å². The first-order valence-corrected chi connectivity index (χ1v) is 11.5. The Morgan fingerprint density at radius 1 is 1.00 bits per heavy atom. The molecule has 4 N–H and O–H groups in total. The Morgan fingerprint density at radius 2 is 1.71 bits per heavy atom. The lowest BCUT2D eigenvalue weighted by molar-refractivity contribution is -0.134. The maximum Gasteiger partial charge on any atom is 0.249 e. The predicted octanol–water partition coefficient (Wildman–Crippen LogP) is 0.951. The van der Waals surface area contributed by atoms with Crippen LogP contribution in [0.2, 0.25) is 0 Å². The normalized spacial score (nSPS) is 23.5. The average Bonchev–Trinajstić information content (AvgIpc) is 2.81. The first-order chi connectivity index (χ1) is 15.1. The molecule has 0 aromatic heterocycles. The number of hydrogen-bond acceptors (Lipinski definition) is 6. The summed E-state index contributed by atoms with van der Waals surface area (Å²) in [7, 11) is 0. The molecule has 1 atom stereocenters. The summed E-state index contributed by atoms with van der Waals surface area (Å²) in [5.41, 5.74) is 2.16. The number of imide groups is 1. The van der Waals surface area contributed by atoms with Gasteiger partial charge in [0.05, 0.1) is 6.54 Å². The van der Waals surface area contributed by atoms with Gasteiger partial charge in [-0.05, 0) is 68.8 Å². The quantitative estimate of drug-likeness (QED) is 0.504. The highest BCUT2D eigenvalue weighted by molar-refractivity contribution is 6.01. The van der Waals surface area contributed by atoms with Crippen LogP contribution in [0.1, 0.15) is 50.0 Å². The van der Waals surface area contributed by atoms with Gasteiger partial charge in [0.25, 0.3) is 0 Å². The van der Waals surface area contributed by atoms with Crippen molar-refractivity contribution in [2.24, 2.45) is 0 Å². The number of anilines is 1. The molecule has 0 aliphatic carbocycles. The van der Waals surface area contributed by atoms with Gasteiger partial charge in [0.15, 0.2) is 0 Å². The van der Waals surface area contributed by atoms with Gasteiger partial charge in [0, 0.05) is 31.2 Å². The number of carbonyl (C=O) groups is 3. The summed E-state index contributed by atoms with van der Waals surface area (Å²) in [6, 6.07) is 8.30. The summed E-state index contributed by atoms with van der Waals surface area (Å²) in [5, 5.41) is 12.4. The maximum atomic E-state index is 12.6. The van der Waals surface area contributed by atoms with E-state index in [1.54, 1.807) is 0 Å². The summed E-state index contributed by atoms with van der Waals surface area (Å²) in [6.07, 6.45) is 5.00. The number of rotatable bonds is 6. The molecule has 3 fully saturated rings. The molecule has 168 valence electrons. The van der Waals surface area contributed by atoms with E-state index in [4.69, 9.17) is 0 Å². The number of nitrogens with zero attached hydrogens (tertiary/aromatic N) is 1. The van der Waals surface area contributed by atoms with Gasteiger partial charge in [-0.2, -0.15) is 0 Å². The lowest BCUT2D eigenvalue weighted by Gasteiger charge is -2.33. The van der Waals surface area contributed by atoms with E-state index in [-0.39, 0.29) is 23.8 Å². The Balaban J connectivity index is 1.22. The van der Waals surface area contributed by atoms with E-state index in [0.29, 0.717) is 31.3 Å². The van der Waals surface area contributed by atoms with Gasteiger partial charge >= 0.3 is 0 Å². The second kappa shape index (κ2) is 10.2. The lowest BCUT2D eigenvalue weighted by atomic mass is 9.89.